The van der Waals surface area contributed by atoms with E-state index in [4.69, 9.17) is 11.0 Å². The van der Waals surface area contributed by atoms with Gasteiger partial charge in [-0.25, -0.2) is 4.39 Å². The maximum Gasteiger partial charge on any atom is 0.141 e. The van der Waals surface area contributed by atoms with Crippen molar-refractivity contribution in [2.75, 3.05) is 5.73 Å². The number of benzene rings is 1. The minimum absolute atomic E-state index is 0.295. The van der Waals surface area contributed by atoms with Gasteiger partial charge in [0.1, 0.15) is 11.9 Å². The second-order valence-corrected chi connectivity index (χ2v) is 3.48. The van der Waals surface area contributed by atoms with Crippen LogP contribution in [0.2, 0.25) is 0 Å². The van der Waals surface area contributed by atoms with Crippen LogP contribution in [0.1, 0.15) is 5.56 Å². The Labute approximate surface area is 78.0 Å². The van der Waals surface area contributed by atoms with E-state index in [1.807, 2.05) is 6.07 Å². The number of nitrogen functional groups attached to an aromatic ring is 1. The third kappa shape index (κ3) is 1.05. The topological polar surface area (TPSA) is 49.8 Å². The van der Waals surface area contributed by atoms with Crippen molar-refractivity contribution in [1.82, 2.24) is 0 Å². The zero-order chi connectivity index (χ0) is 9.42. The fraction of sp³-hybridized carbons (Fsp3) is 0. The summed E-state index contributed by atoms with van der Waals surface area (Å²) in [6.45, 7) is 0. The Bertz CT molecular complexity index is 510. The first-order valence-corrected chi connectivity index (χ1v) is 4.47. The molecule has 4 heteroatoms. The van der Waals surface area contributed by atoms with E-state index >= 15 is 0 Å². The predicted molar refractivity (Wildman–Crippen MR) is 50.9 cm³/mol. The number of rotatable bonds is 0. The molecule has 0 saturated heterocycles. The smallest absolute Gasteiger partial charge is 0.141 e. The van der Waals surface area contributed by atoms with Gasteiger partial charge in [0.15, 0.2) is 0 Å². The Morgan fingerprint density at radius 2 is 2.23 bits per heavy atom. The normalized spacial score (nSPS) is 10.2. The molecule has 1 aromatic heterocycles. The molecule has 2 N–H and O–H groups in total. The summed E-state index contributed by atoms with van der Waals surface area (Å²) in [5.41, 5.74) is 6.34. The van der Waals surface area contributed by atoms with Crippen LogP contribution in [0.4, 0.5) is 10.1 Å². The van der Waals surface area contributed by atoms with Crippen LogP contribution in [-0.4, -0.2) is 0 Å². The van der Waals surface area contributed by atoms with Gasteiger partial charge in [-0.05, 0) is 12.1 Å². The van der Waals surface area contributed by atoms with Crippen molar-refractivity contribution < 1.29 is 4.39 Å². The van der Waals surface area contributed by atoms with Crippen LogP contribution in [-0.2, 0) is 0 Å². The van der Waals surface area contributed by atoms with Gasteiger partial charge in [0.25, 0.3) is 0 Å². The van der Waals surface area contributed by atoms with Crippen LogP contribution >= 0.6 is 11.3 Å². The van der Waals surface area contributed by atoms with Gasteiger partial charge in [0, 0.05) is 10.8 Å². The first kappa shape index (κ1) is 8.02. The lowest BCUT2D eigenvalue weighted by molar-refractivity contribution is 0.644. The van der Waals surface area contributed by atoms with Crippen LogP contribution in [0, 0.1) is 17.1 Å². The standard InChI is InChI=1S/C9H5FN2S/c10-7-4-13-9-5(7)1-2-8(12)6(9)3-11/h1-2,4H,12H2. The maximum atomic E-state index is 13.1. The molecular formula is C9H5FN2S. The van der Waals surface area contributed by atoms with Crippen LogP contribution in [0.25, 0.3) is 10.1 Å². The zero-order valence-corrected chi connectivity index (χ0v) is 7.36. The highest BCUT2D eigenvalue weighted by Gasteiger charge is 2.09. The third-order valence-electron chi connectivity index (χ3n) is 1.84. The molecule has 13 heavy (non-hydrogen) atoms. The lowest BCUT2D eigenvalue weighted by atomic mass is 10.1. The number of nitrogens with zero attached hydrogens (tertiary/aromatic N) is 1. The second kappa shape index (κ2) is 2.71. The Morgan fingerprint density at radius 1 is 1.46 bits per heavy atom. The first-order valence-electron chi connectivity index (χ1n) is 3.59. The van der Waals surface area contributed by atoms with Gasteiger partial charge in [-0.1, -0.05) is 0 Å². The summed E-state index contributed by atoms with van der Waals surface area (Å²) in [4.78, 5) is 0. The zero-order valence-electron chi connectivity index (χ0n) is 6.54. The average molecular weight is 192 g/mol. The molecular weight excluding hydrogens is 187 g/mol. The highest BCUT2D eigenvalue weighted by atomic mass is 32.1. The molecule has 0 amide bonds. The Kier molecular flexibility index (Phi) is 1.67. The molecule has 0 aliphatic heterocycles. The van der Waals surface area contributed by atoms with Crippen molar-refractivity contribution in [1.29, 1.82) is 5.26 Å². The molecule has 0 aliphatic carbocycles. The molecule has 0 bridgehead atoms. The minimum Gasteiger partial charge on any atom is -0.398 e. The Morgan fingerprint density at radius 3 is 2.92 bits per heavy atom. The van der Waals surface area contributed by atoms with Gasteiger partial charge in [0.2, 0.25) is 0 Å². The van der Waals surface area contributed by atoms with Gasteiger partial charge in [-0.2, -0.15) is 5.26 Å². The van der Waals surface area contributed by atoms with Crippen LogP contribution in [0.5, 0.6) is 0 Å². The van der Waals surface area contributed by atoms with Crippen molar-refractivity contribution in [3.05, 3.63) is 28.9 Å². The molecule has 0 radical (unpaired) electrons. The van der Waals surface area contributed by atoms with Gasteiger partial charge in [-0.15, -0.1) is 11.3 Å². The molecule has 2 rings (SSSR count). The summed E-state index contributed by atoms with van der Waals surface area (Å²) in [6.07, 6.45) is 0. The lowest BCUT2D eigenvalue weighted by Crippen LogP contribution is -1.89. The number of halogens is 1. The van der Waals surface area contributed by atoms with E-state index in [1.165, 1.54) is 16.7 Å². The van der Waals surface area contributed by atoms with Crippen LogP contribution in [0.15, 0.2) is 17.5 Å². The van der Waals surface area contributed by atoms with Crippen molar-refractivity contribution >= 4 is 27.1 Å². The lowest BCUT2D eigenvalue weighted by Gasteiger charge is -1.97. The molecule has 2 aromatic rings. The molecule has 1 heterocycles. The Balaban J connectivity index is 2.95. The molecule has 0 fully saturated rings. The molecule has 0 spiro atoms. The van der Waals surface area contributed by atoms with E-state index in [0.29, 0.717) is 21.3 Å². The quantitative estimate of drug-likeness (QED) is 0.652. The van der Waals surface area contributed by atoms with Crippen LogP contribution < -0.4 is 5.73 Å². The van der Waals surface area contributed by atoms with Gasteiger partial charge >= 0.3 is 0 Å². The number of fused-ring (bicyclic) bond motifs is 1. The number of hydrogen-bond donors (Lipinski definition) is 1. The fourth-order valence-corrected chi connectivity index (χ4v) is 2.12. The third-order valence-corrected chi connectivity index (χ3v) is 2.82. The Hall–Kier alpha value is -1.60. The van der Waals surface area contributed by atoms with Crippen LogP contribution in [0.3, 0.4) is 0 Å². The molecule has 0 atom stereocenters. The molecule has 1 aromatic carbocycles. The molecule has 0 unspecified atom stereocenters. The predicted octanol–water partition coefficient (Wildman–Crippen LogP) is 2.49. The SMILES string of the molecule is N#Cc1c(N)ccc2c(F)csc12. The highest BCUT2D eigenvalue weighted by molar-refractivity contribution is 7.17. The number of nitriles is 1. The van der Waals surface area contributed by atoms with Crippen molar-refractivity contribution in [3.8, 4) is 6.07 Å². The summed E-state index contributed by atoms with van der Waals surface area (Å²) in [5, 5.41) is 10.6. The van der Waals surface area contributed by atoms with Gasteiger partial charge in [0.05, 0.1) is 16.0 Å². The first-order chi connectivity index (χ1) is 6.24. The summed E-state index contributed by atoms with van der Waals surface area (Å²) in [7, 11) is 0. The number of hydrogen-bond acceptors (Lipinski definition) is 3. The van der Waals surface area contributed by atoms with E-state index in [2.05, 4.69) is 0 Å². The van der Waals surface area contributed by atoms with Crippen molar-refractivity contribution in [3.63, 3.8) is 0 Å². The summed E-state index contributed by atoms with van der Waals surface area (Å²) < 4.78 is 13.7. The van der Waals surface area contributed by atoms with E-state index in [-0.39, 0.29) is 5.82 Å². The van der Waals surface area contributed by atoms with Gasteiger partial charge < -0.3 is 5.73 Å². The van der Waals surface area contributed by atoms with E-state index in [0.717, 1.165) is 0 Å². The number of anilines is 1. The fourth-order valence-electron chi connectivity index (χ4n) is 1.20. The second-order valence-electron chi connectivity index (χ2n) is 2.60. The molecule has 64 valence electrons. The van der Waals surface area contributed by atoms with E-state index < -0.39 is 0 Å². The summed E-state index contributed by atoms with van der Waals surface area (Å²) in [5.74, 6) is -0.295. The summed E-state index contributed by atoms with van der Waals surface area (Å²) in [6, 6.07) is 5.12. The molecule has 0 aliphatic rings. The maximum absolute atomic E-state index is 13.1. The van der Waals surface area contributed by atoms with Gasteiger partial charge in [-0.3, -0.25) is 0 Å². The summed E-state index contributed by atoms with van der Waals surface area (Å²) >= 11 is 1.20. The molecule has 0 saturated carbocycles. The largest absolute Gasteiger partial charge is 0.398 e. The molecule has 2 nitrogen and oxygen atoms in total. The van der Waals surface area contributed by atoms with Crippen molar-refractivity contribution in [2.24, 2.45) is 0 Å². The number of nitrogens with two attached hydrogens (primary N) is 1. The van der Waals surface area contributed by atoms with E-state index in [1.54, 1.807) is 12.1 Å². The minimum atomic E-state index is -0.295. The average Bonchev–Trinajstić information content (AvgIpc) is 2.48. The number of thiophene rings is 1. The van der Waals surface area contributed by atoms with Crippen molar-refractivity contribution in [2.45, 2.75) is 0 Å². The highest BCUT2D eigenvalue weighted by Crippen LogP contribution is 2.30. The monoisotopic (exact) mass is 192 g/mol. The van der Waals surface area contributed by atoms with E-state index in [9.17, 15) is 4.39 Å².